The van der Waals surface area contributed by atoms with Crippen molar-refractivity contribution in [2.45, 2.75) is 50.1 Å². The highest BCUT2D eigenvalue weighted by atomic mass is 19.4. The van der Waals surface area contributed by atoms with Crippen LogP contribution in [0.3, 0.4) is 0 Å². The van der Waals surface area contributed by atoms with Gasteiger partial charge in [-0.2, -0.15) is 41.8 Å². The second-order valence-electron chi connectivity index (χ2n) is 11.4. The molecule has 1 aliphatic carbocycles. The molecule has 1 amide bonds. The molecule has 1 aromatic heterocycles. The number of aromatic amines is 1. The van der Waals surface area contributed by atoms with Crippen molar-refractivity contribution in [1.82, 2.24) is 30.1 Å². The zero-order valence-electron chi connectivity index (χ0n) is 25.2. The molecule has 0 bridgehead atoms. The number of alkyl halides is 6. The number of amidine groups is 1. The molecule has 2 aromatic rings. The Bertz CT molecular complexity index is 1660. The number of amides is 1. The van der Waals surface area contributed by atoms with Gasteiger partial charge in [0, 0.05) is 32.2 Å². The van der Waals surface area contributed by atoms with Gasteiger partial charge in [0.25, 0.3) is 6.10 Å². The van der Waals surface area contributed by atoms with Gasteiger partial charge >= 0.3 is 18.4 Å². The lowest BCUT2D eigenvalue weighted by Crippen LogP contribution is -2.55. The average molecular weight is 677 g/mol. The molecule has 4 heterocycles. The summed E-state index contributed by atoms with van der Waals surface area (Å²) in [6, 6.07) is 9.35. The Kier molecular flexibility index (Phi) is 9.09. The molecule has 3 N–H and O–H groups in total. The van der Waals surface area contributed by atoms with Crippen molar-refractivity contribution in [2.75, 3.05) is 26.2 Å². The van der Waals surface area contributed by atoms with Gasteiger partial charge in [-0.3, -0.25) is 4.90 Å². The number of hydrogen-bond donors (Lipinski definition) is 2. The number of nitrogens with one attached hydrogen (secondary N) is 1. The topological polar surface area (TPSA) is 141 Å². The smallest absolute Gasteiger partial charge is 0.426 e. The Morgan fingerprint density at radius 2 is 1.79 bits per heavy atom. The number of nitrogens with zero attached hydrogens (tertiary/aromatic N) is 8. The zero-order valence-corrected chi connectivity index (χ0v) is 25.2. The molecule has 1 saturated heterocycles. The van der Waals surface area contributed by atoms with Crippen LogP contribution >= 0.6 is 0 Å². The van der Waals surface area contributed by atoms with Gasteiger partial charge in [-0.1, -0.05) is 48.6 Å². The lowest BCUT2D eigenvalue weighted by molar-refractivity contribution is -0.308. The number of carbonyl (C=O) groups is 1. The minimum atomic E-state index is -5.79. The third-order valence-electron chi connectivity index (χ3n) is 8.26. The van der Waals surface area contributed by atoms with E-state index in [0.29, 0.717) is 36.6 Å². The molecule has 6 rings (SSSR count). The first-order chi connectivity index (χ1) is 22.9. The normalized spacial score (nSPS) is 22.4. The molecule has 18 heteroatoms. The van der Waals surface area contributed by atoms with Crippen LogP contribution < -0.4 is 5.73 Å². The summed E-state index contributed by atoms with van der Waals surface area (Å²) in [7, 11) is 0. The predicted octanol–water partition coefficient (Wildman–Crippen LogP) is 3.74. The van der Waals surface area contributed by atoms with Gasteiger partial charge in [0.15, 0.2) is 12.0 Å². The van der Waals surface area contributed by atoms with Gasteiger partial charge in [0.05, 0.1) is 12.7 Å². The lowest BCUT2D eigenvalue weighted by Gasteiger charge is -2.40. The summed E-state index contributed by atoms with van der Waals surface area (Å²) in [5, 5.41) is 10.7. The first kappa shape index (κ1) is 32.9. The predicted molar refractivity (Wildman–Crippen MR) is 162 cm³/mol. The summed E-state index contributed by atoms with van der Waals surface area (Å²) in [5.74, 6) is 0.818. The monoisotopic (exact) mass is 676 g/mol. The largest absolute Gasteiger partial charge is 0.434 e. The van der Waals surface area contributed by atoms with Gasteiger partial charge < -0.3 is 20.3 Å². The maximum Gasteiger partial charge on any atom is 0.434 e. The Morgan fingerprint density at radius 3 is 2.46 bits per heavy atom. The van der Waals surface area contributed by atoms with Crippen LogP contribution in [0.15, 0.2) is 86.7 Å². The molecule has 1 fully saturated rings. The summed E-state index contributed by atoms with van der Waals surface area (Å²) < 4.78 is 82.0. The summed E-state index contributed by atoms with van der Waals surface area (Å²) in [4.78, 5) is 30.8. The van der Waals surface area contributed by atoms with Crippen molar-refractivity contribution in [3.63, 3.8) is 0 Å². The minimum Gasteiger partial charge on any atom is -0.426 e. The fourth-order valence-corrected chi connectivity index (χ4v) is 5.97. The van der Waals surface area contributed by atoms with Crippen LogP contribution in [0.2, 0.25) is 0 Å². The van der Waals surface area contributed by atoms with E-state index in [1.807, 2.05) is 58.4 Å². The molecule has 1 unspecified atom stereocenters. The SMILES string of the molecule is NC1=NC(=C2C=C([C@H](Cc3ccccc3)N3CCN(C(=O)OC(C(F)(F)F)C(F)(F)F)CC3)C=CC2)N(Cc2cn[nH]n2)C2N=CN=C12. The summed E-state index contributed by atoms with van der Waals surface area (Å²) in [6.07, 6.45) is -7.91. The number of hydrogen-bond acceptors (Lipinski definition) is 10. The number of piperazine rings is 1. The molecule has 0 saturated carbocycles. The molecular weight excluding hydrogens is 646 g/mol. The molecule has 48 heavy (non-hydrogen) atoms. The van der Waals surface area contributed by atoms with Gasteiger partial charge in [0.2, 0.25) is 0 Å². The maximum absolute atomic E-state index is 13.0. The molecular formula is C30H30F6N10O2. The standard InChI is InChI=1S/C30H30F6N10O2/c31-29(32,33)27(30(34,35)36)48-28(47)45-11-9-44(10-12-45)22(13-18-5-2-1-3-6-18)19-7-4-8-20(14-19)25-41-24(37)23-26(39-17-38-23)46(25)16-21-15-40-43-42-21/h1-7,14-15,17,22,26-27H,8-13,16H2,(H2,37,41)(H,40,42,43)/t22-,26?/m0/s1. The van der Waals surface area contributed by atoms with Crippen molar-refractivity contribution in [3.05, 3.63) is 83.0 Å². The van der Waals surface area contributed by atoms with Gasteiger partial charge in [-0.15, -0.1) is 0 Å². The van der Waals surface area contributed by atoms with Crippen LogP contribution in [0.1, 0.15) is 17.7 Å². The van der Waals surface area contributed by atoms with Crippen LogP contribution in [0.25, 0.3) is 0 Å². The van der Waals surface area contributed by atoms with Crippen LogP contribution in [0.4, 0.5) is 31.1 Å². The number of allylic oxidation sites excluding steroid dienone is 3. The molecule has 0 radical (unpaired) electrons. The fraction of sp³-hybridized carbons (Fsp3) is 0.400. The molecule has 3 aliphatic heterocycles. The molecule has 0 spiro atoms. The number of halogens is 6. The number of ether oxygens (including phenoxy) is 1. The van der Waals surface area contributed by atoms with Crippen LogP contribution in [0.5, 0.6) is 0 Å². The highest BCUT2D eigenvalue weighted by molar-refractivity contribution is 6.45. The van der Waals surface area contributed by atoms with E-state index >= 15 is 0 Å². The number of H-pyrrole nitrogens is 1. The van der Waals surface area contributed by atoms with Gasteiger partial charge in [-0.05, 0) is 29.6 Å². The number of carbonyl (C=O) groups excluding carboxylic acids is 1. The number of rotatable bonds is 7. The Morgan fingerprint density at radius 1 is 1.06 bits per heavy atom. The van der Waals surface area contributed by atoms with Crippen LogP contribution in [0, 0.1) is 0 Å². The van der Waals surface area contributed by atoms with Crippen LogP contribution in [-0.2, 0) is 17.7 Å². The Balaban J connectivity index is 1.27. The minimum absolute atomic E-state index is 0.133. The number of nitrogens with two attached hydrogens (primary N) is 1. The number of aliphatic imine (C=N–C) groups is 3. The van der Waals surface area contributed by atoms with E-state index in [2.05, 4.69) is 30.1 Å². The summed E-state index contributed by atoms with van der Waals surface area (Å²) >= 11 is 0. The highest BCUT2D eigenvalue weighted by Crippen LogP contribution is 2.36. The van der Waals surface area contributed by atoms with Gasteiger partial charge in [0.1, 0.15) is 23.6 Å². The van der Waals surface area contributed by atoms with E-state index in [1.54, 1.807) is 6.20 Å². The summed E-state index contributed by atoms with van der Waals surface area (Å²) in [5.41, 5.74) is 10.2. The second-order valence-corrected chi connectivity index (χ2v) is 11.4. The van der Waals surface area contributed by atoms with Gasteiger partial charge in [-0.25, -0.2) is 19.8 Å². The number of aromatic nitrogens is 3. The quantitative estimate of drug-likeness (QED) is 0.426. The van der Waals surface area contributed by atoms with Crippen molar-refractivity contribution < 1.29 is 35.9 Å². The van der Waals surface area contributed by atoms with E-state index in [-0.39, 0.29) is 38.1 Å². The average Bonchev–Trinajstić information content (AvgIpc) is 3.76. The van der Waals surface area contributed by atoms with E-state index in [0.717, 1.165) is 21.6 Å². The third kappa shape index (κ3) is 7.12. The molecule has 4 aliphatic rings. The van der Waals surface area contributed by atoms with Crippen molar-refractivity contribution >= 4 is 24.0 Å². The van der Waals surface area contributed by atoms with Crippen molar-refractivity contribution in [2.24, 2.45) is 20.7 Å². The van der Waals surface area contributed by atoms with E-state index in [9.17, 15) is 31.1 Å². The second kappa shape index (κ2) is 13.2. The van der Waals surface area contributed by atoms with Crippen molar-refractivity contribution in [1.29, 1.82) is 0 Å². The molecule has 1 aromatic carbocycles. The highest BCUT2D eigenvalue weighted by Gasteiger charge is 2.60. The molecule has 12 nitrogen and oxygen atoms in total. The number of benzene rings is 1. The van der Waals surface area contributed by atoms with Crippen LogP contribution in [-0.4, -0.2) is 111 Å². The lowest BCUT2D eigenvalue weighted by atomic mass is 9.90. The van der Waals surface area contributed by atoms with Crippen molar-refractivity contribution in [3.8, 4) is 0 Å². The summed E-state index contributed by atoms with van der Waals surface area (Å²) in [6.45, 7) is 0.394. The Hall–Kier alpha value is -5.00. The zero-order chi connectivity index (χ0) is 34.1. The van der Waals surface area contributed by atoms with E-state index < -0.39 is 30.7 Å². The first-order valence-electron chi connectivity index (χ1n) is 14.9. The third-order valence-corrected chi connectivity index (χ3v) is 8.26. The van der Waals surface area contributed by atoms with E-state index in [4.69, 9.17) is 10.7 Å². The maximum atomic E-state index is 13.0. The molecule has 254 valence electrons. The number of fused-ring (bicyclic) bond motifs is 1. The fourth-order valence-electron chi connectivity index (χ4n) is 5.97. The van der Waals surface area contributed by atoms with E-state index in [1.165, 1.54) is 6.34 Å². The molecule has 2 atom stereocenters. The Labute approximate surface area is 270 Å². The first-order valence-corrected chi connectivity index (χ1v) is 14.9.